The number of benzene rings is 1. The number of hydrogen-bond acceptors (Lipinski definition) is 5. The average molecular weight is 406 g/mol. The molecule has 154 valence electrons. The highest BCUT2D eigenvalue weighted by Crippen LogP contribution is 2.24. The fourth-order valence-corrected chi connectivity index (χ4v) is 3.62. The lowest BCUT2D eigenvalue weighted by Gasteiger charge is -2.33. The number of pyridine rings is 2. The number of halogens is 1. The second-order valence-corrected chi connectivity index (χ2v) is 7.39. The topological polar surface area (TPSA) is 81.3 Å². The Morgan fingerprint density at radius 1 is 1.27 bits per heavy atom. The molecule has 1 aliphatic rings. The zero-order chi connectivity index (χ0) is 21.1. The minimum Gasteiger partial charge on any atom is -0.384 e. The summed E-state index contributed by atoms with van der Waals surface area (Å²) >= 11 is 0. The number of ether oxygens (including phenoxy) is 1. The minimum atomic E-state index is -0.344. The van der Waals surface area contributed by atoms with Crippen LogP contribution in [0.1, 0.15) is 39.0 Å². The van der Waals surface area contributed by atoms with Crippen LogP contribution >= 0.6 is 0 Å². The van der Waals surface area contributed by atoms with E-state index in [0.717, 1.165) is 17.0 Å². The molecule has 2 aromatic heterocycles. The molecule has 0 bridgehead atoms. The van der Waals surface area contributed by atoms with Gasteiger partial charge in [0.25, 0.3) is 5.91 Å². The molecule has 30 heavy (non-hydrogen) atoms. The number of carbonyl (C=O) groups is 1. The third-order valence-electron chi connectivity index (χ3n) is 5.10. The fraction of sp³-hybridized carbons (Fsp3) is 0.261. The van der Waals surface area contributed by atoms with Crippen molar-refractivity contribution in [2.75, 3.05) is 25.4 Å². The Labute approximate surface area is 174 Å². The molecule has 0 unspecified atom stereocenters. The normalized spacial score (nSPS) is 16.5. The number of amides is 1. The van der Waals surface area contributed by atoms with E-state index in [2.05, 4.69) is 9.97 Å². The molecule has 0 spiro atoms. The number of nitrogens with two attached hydrogens (primary N) is 1. The Bertz CT molecular complexity index is 1060. The largest absolute Gasteiger partial charge is 0.384 e. The predicted octanol–water partition coefficient (Wildman–Crippen LogP) is 3.31. The van der Waals surface area contributed by atoms with Crippen LogP contribution in [0.2, 0.25) is 0 Å². The van der Waals surface area contributed by atoms with Gasteiger partial charge in [0.2, 0.25) is 0 Å². The van der Waals surface area contributed by atoms with E-state index >= 15 is 0 Å². The van der Waals surface area contributed by atoms with E-state index in [-0.39, 0.29) is 17.8 Å². The van der Waals surface area contributed by atoms with Gasteiger partial charge >= 0.3 is 0 Å². The van der Waals surface area contributed by atoms with Gasteiger partial charge in [-0.15, -0.1) is 0 Å². The Morgan fingerprint density at radius 3 is 2.87 bits per heavy atom. The van der Waals surface area contributed by atoms with E-state index in [0.29, 0.717) is 43.1 Å². The lowest BCUT2D eigenvalue weighted by molar-refractivity contribution is -0.0248. The fourth-order valence-electron chi connectivity index (χ4n) is 3.62. The number of anilines is 1. The number of carbonyl (C=O) groups excluding carboxylic acids is 1. The highest BCUT2D eigenvalue weighted by molar-refractivity contribution is 5.94. The quantitative estimate of drug-likeness (QED) is 0.719. The molecule has 6 nitrogen and oxygen atoms in total. The standard InChI is InChI=1S/C23H23FN4O2/c1-15-10-16(11-17-4-2-3-5-19(17)24)12-20(27-15)21-14-28(8-9-30-21)23(29)18-6-7-22(25)26-13-18/h2-7,10,12-13,21H,8-9,11,14H2,1H3,(H2,25,26)/t21-/m0/s1. The number of nitrogens with zero attached hydrogens (tertiary/aromatic N) is 3. The molecule has 1 aliphatic heterocycles. The number of nitrogen functional groups attached to an aromatic ring is 1. The monoisotopic (exact) mass is 406 g/mol. The van der Waals surface area contributed by atoms with Gasteiger partial charge in [0.15, 0.2) is 0 Å². The van der Waals surface area contributed by atoms with E-state index in [4.69, 9.17) is 10.5 Å². The Balaban J connectivity index is 1.53. The first-order chi connectivity index (χ1) is 14.5. The SMILES string of the molecule is Cc1cc(Cc2ccccc2F)cc([C@@H]2CN(C(=O)c3ccc(N)nc3)CCO2)n1. The number of aromatic nitrogens is 2. The first-order valence-electron chi connectivity index (χ1n) is 9.83. The first kappa shape index (κ1) is 20.0. The second-order valence-electron chi connectivity index (χ2n) is 7.39. The molecule has 7 heteroatoms. The lowest BCUT2D eigenvalue weighted by Crippen LogP contribution is -2.42. The lowest BCUT2D eigenvalue weighted by atomic mass is 10.0. The van der Waals surface area contributed by atoms with Gasteiger partial charge in [0, 0.05) is 24.9 Å². The molecule has 1 atom stereocenters. The van der Waals surface area contributed by atoms with Crippen LogP contribution in [0.5, 0.6) is 0 Å². The summed E-state index contributed by atoms with van der Waals surface area (Å²) < 4.78 is 20.0. The highest BCUT2D eigenvalue weighted by atomic mass is 19.1. The molecular formula is C23H23FN4O2. The summed E-state index contributed by atoms with van der Waals surface area (Å²) in [6.45, 7) is 3.20. The Hall–Kier alpha value is -3.32. The van der Waals surface area contributed by atoms with Crippen LogP contribution in [0, 0.1) is 12.7 Å². The smallest absolute Gasteiger partial charge is 0.255 e. The predicted molar refractivity (Wildman–Crippen MR) is 111 cm³/mol. The maximum atomic E-state index is 14.1. The van der Waals surface area contributed by atoms with Gasteiger partial charge in [-0.05, 0) is 48.4 Å². The van der Waals surface area contributed by atoms with Crippen molar-refractivity contribution in [3.63, 3.8) is 0 Å². The highest BCUT2D eigenvalue weighted by Gasteiger charge is 2.27. The maximum Gasteiger partial charge on any atom is 0.255 e. The molecule has 0 radical (unpaired) electrons. The summed E-state index contributed by atoms with van der Waals surface area (Å²) in [6.07, 6.45) is 1.61. The molecule has 3 aromatic rings. The molecule has 0 saturated carbocycles. The van der Waals surface area contributed by atoms with Crippen molar-refractivity contribution >= 4 is 11.7 Å². The summed E-state index contributed by atoms with van der Waals surface area (Å²) in [5.41, 5.74) is 9.26. The summed E-state index contributed by atoms with van der Waals surface area (Å²) in [5.74, 6) is 0.0316. The minimum absolute atomic E-state index is 0.116. The van der Waals surface area contributed by atoms with E-state index in [1.165, 1.54) is 12.3 Å². The Morgan fingerprint density at radius 2 is 2.10 bits per heavy atom. The van der Waals surface area contributed by atoms with Crippen LogP contribution < -0.4 is 5.73 Å². The Kier molecular flexibility index (Phi) is 5.72. The van der Waals surface area contributed by atoms with Gasteiger partial charge in [-0.25, -0.2) is 9.37 Å². The van der Waals surface area contributed by atoms with Gasteiger partial charge in [0.05, 0.1) is 24.4 Å². The van der Waals surface area contributed by atoms with Gasteiger partial charge in [-0.2, -0.15) is 0 Å². The molecule has 2 N–H and O–H groups in total. The first-order valence-corrected chi connectivity index (χ1v) is 9.83. The van der Waals surface area contributed by atoms with Crippen LogP contribution in [0.15, 0.2) is 54.7 Å². The van der Waals surface area contributed by atoms with Gasteiger partial charge < -0.3 is 15.4 Å². The van der Waals surface area contributed by atoms with Crippen molar-refractivity contribution in [2.24, 2.45) is 0 Å². The van der Waals surface area contributed by atoms with E-state index in [1.807, 2.05) is 25.1 Å². The van der Waals surface area contributed by atoms with Crippen molar-refractivity contribution in [3.8, 4) is 0 Å². The summed E-state index contributed by atoms with van der Waals surface area (Å²) in [5, 5.41) is 0. The zero-order valence-electron chi connectivity index (χ0n) is 16.7. The van der Waals surface area contributed by atoms with Crippen molar-refractivity contribution in [1.29, 1.82) is 0 Å². The molecule has 1 amide bonds. The molecule has 1 aromatic carbocycles. The number of aryl methyl sites for hydroxylation is 1. The van der Waals surface area contributed by atoms with Crippen molar-refractivity contribution in [3.05, 3.63) is 88.6 Å². The van der Waals surface area contributed by atoms with Crippen molar-refractivity contribution in [1.82, 2.24) is 14.9 Å². The van der Waals surface area contributed by atoms with E-state index < -0.39 is 0 Å². The van der Waals surface area contributed by atoms with Crippen LogP contribution in [0.25, 0.3) is 0 Å². The van der Waals surface area contributed by atoms with Crippen LogP contribution in [-0.4, -0.2) is 40.5 Å². The van der Waals surface area contributed by atoms with Crippen LogP contribution in [-0.2, 0) is 11.2 Å². The summed E-state index contributed by atoms with van der Waals surface area (Å²) in [4.78, 5) is 23.2. The molecule has 0 aliphatic carbocycles. The number of morpholine rings is 1. The van der Waals surface area contributed by atoms with Crippen molar-refractivity contribution < 1.29 is 13.9 Å². The van der Waals surface area contributed by atoms with E-state index in [9.17, 15) is 9.18 Å². The number of hydrogen-bond donors (Lipinski definition) is 1. The molecule has 1 fully saturated rings. The molecule has 1 saturated heterocycles. The third kappa shape index (κ3) is 4.46. The van der Waals surface area contributed by atoms with Gasteiger partial charge in [-0.1, -0.05) is 18.2 Å². The van der Waals surface area contributed by atoms with Crippen LogP contribution in [0.3, 0.4) is 0 Å². The van der Waals surface area contributed by atoms with Gasteiger partial charge in [0.1, 0.15) is 17.7 Å². The van der Waals surface area contributed by atoms with Crippen LogP contribution in [0.4, 0.5) is 10.2 Å². The van der Waals surface area contributed by atoms with Crippen molar-refractivity contribution in [2.45, 2.75) is 19.4 Å². The molecular weight excluding hydrogens is 383 g/mol. The van der Waals surface area contributed by atoms with E-state index in [1.54, 1.807) is 29.2 Å². The number of rotatable bonds is 4. The summed E-state index contributed by atoms with van der Waals surface area (Å²) in [7, 11) is 0. The van der Waals surface area contributed by atoms with Gasteiger partial charge in [-0.3, -0.25) is 9.78 Å². The maximum absolute atomic E-state index is 14.1. The third-order valence-corrected chi connectivity index (χ3v) is 5.10. The molecule has 4 rings (SSSR count). The summed E-state index contributed by atoms with van der Waals surface area (Å²) in [6, 6.07) is 13.9. The zero-order valence-corrected chi connectivity index (χ0v) is 16.7. The molecule has 3 heterocycles. The average Bonchev–Trinajstić information content (AvgIpc) is 2.75. The second kappa shape index (κ2) is 8.59.